The summed E-state index contributed by atoms with van der Waals surface area (Å²) in [5.41, 5.74) is 1.30. The summed E-state index contributed by atoms with van der Waals surface area (Å²) in [6.45, 7) is 5.76. The lowest BCUT2D eigenvalue weighted by atomic mass is 10.0. The highest BCUT2D eigenvalue weighted by atomic mass is 15.1. The molecule has 2 aromatic rings. The standard InChI is InChI=1S/C34H59N2/c1-3-5-7-9-10-11-12-13-14-15-16-17-18-19-20-21-25-29-34-35(30-26-8-6-4-2)31-32-36(34)33-27-23-22-24-28-33/h22-24,27-28,31-32H,3-21,25-26,29-30H2,1-2H3/q+1. The molecule has 0 saturated carbocycles. The highest BCUT2D eigenvalue weighted by Gasteiger charge is 2.18. The number of hydrogen-bond acceptors (Lipinski definition) is 0. The average Bonchev–Trinajstić information content (AvgIpc) is 3.31. The second-order valence-electron chi connectivity index (χ2n) is 11.1. The number of rotatable bonds is 24. The third-order valence-electron chi connectivity index (χ3n) is 7.80. The Balaban J connectivity index is 1.54. The maximum Gasteiger partial charge on any atom is 0.261 e. The first-order chi connectivity index (χ1) is 17.9. The number of aryl methyl sites for hydroxylation is 1. The summed E-state index contributed by atoms with van der Waals surface area (Å²) >= 11 is 0. The van der Waals surface area contributed by atoms with Gasteiger partial charge in [-0.25, -0.2) is 4.57 Å². The van der Waals surface area contributed by atoms with Gasteiger partial charge in [0.2, 0.25) is 0 Å². The summed E-state index contributed by atoms with van der Waals surface area (Å²) in [6.07, 6.45) is 35.5. The van der Waals surface area contributed by atoms with Crippen LogP contribution in [0.3, 0.4) is 0 Å². The first-order valence-corrected chi connectivity index (χ1v) is 16.0. The van der Waals surface area contributed by atoms with Gasteiger partial charge in [-0.2, -0.15) is 4.57 Å². The molecule has 204 valence electrons. The third-order valence-corrected chi connectivity index (χ3v) is 7.80. The Bertz CT molecular complexity index is 733. The number of unbranched alkanes of at least 4 members (excludes halogenated alkanes) is 19. The molecule has 0 atom stereocenters. The molecule has 0 aliphatic heterocycles. The first kappa shape index (κ1) is 30.7. The molecule has 0 aliphatic rings. The van der Waals surface area contributed by atoms with E-state index < -0.39 is 0 Å². The van der Waals surface area contributed by atoms with Crippen LogP contribution in [-0.2, 0) is 13.0 Å². The topological polar surface area (TPSA) is 8.81 Å². The Morgan fingerprint density at radius 2 is 0.972 bits per heavy atom. The highest BCUT2D eigenvalue weighted by molar-refractivity contribution is 5.31. The van der Waals surface area contributed by atoms with Crippen molar-refractivity contribution in [1.29, 1.82) is 0 Å². The quantitative estimate of drug-likeness (QED) is 0.101. The maximum absolute atomic E-state index is 2.52. The van der Waals surface area contributed by atoms with Crippen LogP contribution in [0.4, 0.5) is 0 Å². The van der Waals surface area contributed by atoms with Crippen LogP contribution in [0.15, 0.2) is 42.7 Å². The number of imidazole rings is 1. The van der Waals surface area contributed by atoms with E-state index in [9.17, 15) is 0 Å². The molecule has 0 N–H and O–H groups in total. The second-order valence-corrected chi connectivity index (χ2v) is 11.1. The molecule has 0 unspecified atom stereocenters. The highest BCUT2D eigenvalue weighted by Crippen LogP contribution is 2.16. The van der Waals surface area contributed by atoms with Crippen LogP contribution in [0.5, 0.6) is 0 Å². The third kappa shape index (κ3) is 13.7. The lowest BCUT2D eigenvalue weighted by Crippen LogP contribution is -2.37. The van der Waals surface area contributed by atoms with E-state index in [1.165, 1.54) is 153 Å². The van der Waals surface area contributed by atoms with Gasteiger partial charge in [-0.1, -0.05) is 148 Å². The number of para-hydroxylation sites is 1. The van der Waals surface area contributed by atoms with Crippen LogP contribution >= 0.6 is 0 Å². The van der Waals surface area contributed by atoms with Crippen molar-refractivity contribution in [2.24, 2.45) is 0 Å². The normalized spacial score (nSPS) is 11.4. The number of benzene rings is 1. The molecule has 0 bridgehead atoms. The lowest BCUT2D eigenvalue weighted by Gasteiger charge is -2.06. The van der Waals surface area contributed by atoms with Crippen molar-refractivity contribution >= 4 is 0 Å². The summed E-state index contributed by atoms with van der Waals surface area (Å²) in [5.74, 6) is 1.48. The minimum Gasteiger partial charge on any atom is -0.234 e. The van der Waals surface area contributed by atoms with Crippen LogP contribution in [0.1, 0.15) is 155 Å². The molecule has 2 nitrogen and oxygen atoms in total. The van der Waals surface area contributed by atoms with Crippen molar-refractivity contribution < 1.29 is 4.57 Å². The molecule has 0 saturated heterocycles. The molecule has 2 heteroatoms. The SMILES string of the molecule is CCCCCCCCCCCCCCCCCCCc1n(-c2ccccc2)cc[n+]1CCCCCC. The Morgan fingerprint density at radius 1 is 0.528 bits per heavy atom. The lowest BCUT2D eigenvalue weighted by molar-refractivity contribution is -0.704. The number of nitrogens with zero attached hydrogens (tertiary/aromatic N) is 2. The van der Waals surface area contributed by atoms with Gasteiger partial charge in [0.1, 0.15) is 18.1 Å². The number of aromatic nitrogens is 2. The molecule has 2 rings (SSSR count). The van der Waals surface area contributed by atoms with Gasteiger partial charge in [-0.15, -0.1) is 0 Å². The van der Waals surface area contributed by atoms with Gasteiger partial charge in [-0.3, -0.25) is 0 Å². The molecule has 1 heterocycles. The summed E-state index contributed by atoms with van der Waals surface area (Å²) in [4.78, 5) is 0. The van der Waals surface area contributed by atoms with Gasteiger partial charge in [0.25, 0.3) is 5.82 Å². The van der Waals surface area contributed by atoms with Gasteiger partial charge >= 0.3 is 0 Å². The zero-order valence-corrected chi connectivity index (χ0v) is 24.2. The minimum atomic E-state index is 1.16. The molecule has 0 radical (unpaired) electrons. The molecule has 1 aromatic heterocycles. The predicted molar refractivity (Wildman–Crippen MR) is 158 cm³/mol. The van der Waals surface area contributed by atoms with E-state index >= 15 is 0 Å². The second kappa shape index (κ2) is 21.5. The fraction of sp³-hybridized carbons (Fsp3) is 0.735. The smallest absolute Gasteiger partial charge is 0.234 e. The Kier molecular flexibility index (Phi) is 18.3. The fourth-order valence-electron chi connectivity index (χ4n) is 5.47. The van der Waals surface area contributed by atoms with Gasteiger partial charge in [0.15, 0.2) is 0 Å². The van der Waals surface area contributed by atoms with Crippen molar-refractivity contribution in [3.63, 3.8) is 0 Å². The van der Waals surface area contributed by atoms with E-state index in [0.29, 0.717) is 0 Å². The number of hydrogen-bond donors (Lipinski definition) is 0. The van der Waals surface area contributed by atoms with Gasteiger partial charge in [0.05, 0.1) is 6.54 Å². The van der Waals surface area contributed by atoms with Gasteiger partial charge in [0, 0.05) is 6.42 Å². The summed E-state index contributed by atoms with van der Waals surface area (Å²) < 4.78 is 4.95. The zero-order valence-electron chi connectivity index (χ0n) is 24.2. The van der Waals surface area contributed by atoms with E-state index in [-0.39, 0.29) is 0 Å². The Labute approximate surface area is 224 Å². The molecule has 1 aromatic carbocycles. The van der Waals surface area contributed by atoms with E-state index in [4.69, 9.17) is 0 Å². The van der Waals surface area contributed by atoms with Crippen LogP contribution in [0.2, 0.25) is 0 Å². The summed E-state index contributed by atoms with van der Waals surface area (Å²) in [5, 5.41) is 0. The molecular formula is C34H59N2+. The molecule has 0 aliphatic carbocycles. The molecular weight excluding hydrogens is 436 g/mol. The van der Waals surface area contributed by atoms with Crippen LogP contribution in [-0.4, -0.2) is 4.57 Å². The van der Waals surface area contributed by atoms with Crippen molar-refractivity contribution in [1.82, 2.24) is 4.57 Å². The maximum atomic E-state index is 2.52. The predicted octanol–water partition coefficient (Wildman–Crippen LogP) is 10.5. The van der Waals surface area contributed by atoms with Crippen molar-refractivity contribution in [2.75, 3.05) is 0 Å². The van der Waals surface area contributed by atoms with Crippen molar-refractivity contribution in [3.05, 3.63) is 48.5 Å². The molecule has 36 heavy (non-hydrogen) atoms. The Hall–Kier alpha value is -1.57. The van der Waals surface area contributed by atoms with E-state index in [2.05, 4.69) is 65.7 Å². The van der Waals surface area contributed by atoms with E-state index in [1.54, 1.807) is 0 Å². The van der Waals surface area contributed by atoms with Crippen LogP contribution in [0, 0.1) is 0 Å². The summed E-state index contributed by atoms with van der Waals surface area (Å²) in [7, 11) is 0. The minimum absolute atomic E-state index is 1.16. The van der Waals surface area contributed by atoms with Crippen LogP contribution < -0.4 is 4.57 Å². The first-order valence-electron chi connectivity index (χ1n) is 16.0. The largest absolute Gasteiger partial charge is 0.261 e. The van der Waals surface area contributed by atoms with Gasteiger partial charge < -0.3 is 0 Å². The van der Waals surface area contributed by atoms with Crippen molar-refractivity contribution in [3.8, 4) is 5.69 Å². The fourth-order valence-corrected chi connectivity index (χ4v) is 5.47. The average molecular weight is 496 g/mol. The zero-order chi connectivity index (χ0) is 25.5. The van der Waals surface area contributed by atoms with E-state index in [1.807, 2.05) is 0 Å². The van der Waals surface area contributed by atoms with E-state index in [0.717, 1.165) is 6.54 Å². The van der Waals surface area contributed by atoms with Crippen LogP contribution in [0.25, 0.3) is 5.69 Å². The summed E-state index contributed by atoms with van der Waals surface area (Å²) in [6, 6.07) is 10.9. The Morgan fingerprint density at radius 3 is 1.47 bits per heavy atom. The molecule has 0 spiro atoms. The molecule has 0 amide bonds. The van der Waals surface area contributed by atoms with Gasteiger partial charge in [-0.05, 0) is 31.4 Å². The molecule has 0 fully saturated rings. The van der Waals surface area contributed by atoms with Crippen molar-refractivity contribution in [2.45, 2.75) is 162 Å². The monoisotopic (exact) mass is 495 g/mol.